The summed E-state index contributed by atoms with van der Waals surface area (Å²) in [6, 6.07) is 0. The van der Waals surface area contributed by atoms with Crippen molar-refractivity contribution >= 4 is 17.5 Å². The first-order valence-corrected chi connectivity index (χ1v) is 4.48. The number of aromatic nitrogens is 2. The quantitative estimate of drug-likeness (QED) is 0.706. The molecule has 0 spiro atoms. The highest BCUT2D eigenvalue weighted by Crippen LogP contribution is 2.01. The lowest BCUT2D eigenvalue weighted by atomic mass is 10.4. The van der Waals surface area contributed by atoms with Gasteiger partial charge in [-0.25, -0.2) is 4.98 Å². The van der Waals surface area contributed by atoms with Crippen molar-refractivity contribution in [2.75, 3.05) is 13.2 Å². The summed E-state index contributed by atoms with van der Waals surface area (Å²) >= 11 is 5.56. The molecule has 6 heteroatoms. The maximum atomic E-state index is 11.3. The zero-order valence-electron chi connectivity index (χ0n) is 7.40. The van der Waals surface area contributed by atoms with Crippen molar-refractivity contribution in [3.05, 3.63) is 23.2 Å². The highest BCUT2D eigenvalue weighted by molar-refractivity contribution is 6.29. The van der Waals surface area contributed by atoms with Gasteiger partial charge >= 0.3 is 0 Å². The van der Waals surface area contributed by atoms with Crippen molar-refractivity contribution in [3.63, 3.8) is 0 Å². The third-order valence-corrected chi connectivity index (χ3v) is 1.64. The van der Waals surface area contributed by atoms with E-state index < -0.39 is 0 Å². The van der Waals surface area contributed by atoms with Crippen molar-refractivity contribution < 1.29 is 9.90 Å². The van der Waals surface area contributed by atoms with Crippen molar-refractivity contribution in [1.82, 2.24) is 15.3 Å². The summed E-state index contributed by atoms with van der Waals surface area (Å²) in [4.78, 5) is 18.8. The van der Waals surface area contributed by atoms with Crippen LogP contribution in [-0.4, -0.2) is 34.1 Å². The molecule has 0 aliphatic carbocycles. The van der Waals surface area contributed by atoms with Crippen molar-refractivity contribution in [1.29, 1.82) is 0 Å². The van der Waals surface area contributed by atoms with Crippen LogP contribution < -0.4 is 5.32 Å². The third-order valence-electron chi connectivity index (χ3n) is 1.46. The molecule has 0 atom stereocenters. The number of carbonyl (C=O) groups excluding carboxylic acids is 1. The Bertz CT molecular complexity index is 319. The van der Waals surface area contributed by atoms with E-state index in [-0.39, 0.29) is 23.4 Å². The van der Waals surface area contributed by atoms with E-state index in [1.54, 1.807) is 0 Å². The molecular formula is C8H10ClN3O2. The lowest BCUT2D eigenvalue weighted by Crippen LogP contribution is -2.26. The van der Waals surface area contributed by atoms with Gasteiger partial charge in [0.05, 0.1) is 12.4 Å². The Hall–Kier alpha value is -1.20. The Morgan fingerprint density at radius 1 is 1.57 bits per heavy atom. The largest absolute Gasteiger partial charge is 0.396 e. The van der Waals surface area contributed by atoms with Gasteiger partial charge in [-0.3, -0.25) is 9.78 Å². The Labute approximate surface area is 86.1 Å². The second-order valence-electron chi connectivity index (χ2n) is 2.56. The van der Waals surface area contributed by atoms with Crippen LogP contribution in [0.5, 0.6) is 0 Å². The monoisotopic (exact) mass is 215 g/mol. The van der Waals surface area contributed by atoms with Crippen LogP contribution in [0.25, 0.3) is 0 Å². The first-order valence-electron chi connectivity index (χ1n) is 4.10. The van der Waals surface area contributed by atoms with Gasteiger partial charge in [0, 0.05) is 13.2 Å². The molecule has 0 saturated carbocycles. The summed E-state index contributed by atoms with van der Waals surface area (Å²) in [6.07, 6.45) is 3.20. The zero-order valence-corrected chi connectivity index (χ0v) is 8.16. The van der Waals surface area contributed by atoms with Crippen molar-refractivity contribution in [3.8, 4) is 0 Å². The summed E-state index contributed by atoms with van der Waals surface area (Å²) < 4.78 is 0. The van der Waals surface area contributed by atoms with Gasteiger partial charge < -0.3 is 10.4 Å². The number of carbonyl (C=O) groups is 1. The summed E-state index contributed by atoms with van der Waals surface area (Å²) in [5.74, 6) is -0.339. The average Bonchev–Trinajstić information content (AvgIpc) is 2.18. The molecule has 1 rings (SSSR count). The molecule has 1 amide bonds. The molecule has 1 aromatic heterocycles. The minimum Gasteiger partial charge on any atom is -0.396 e. The van der Waals surface area contributed by atoms with Gasteiger partial charge in [0.25, 0.3) is 5.91 Å². The molecule has 76 valence electrons. The number of nitrogens with zero attached hydrogens (tertiary/aromatic N) is 2. The van der Waals surface area contributed by atoms with Gasteiger partial charge in [-0.1, -0.05) is 11.6 Å². The molecule has 0 unspecified atom stereocenters. The van der Waals surface area contributed by atoms with Crippen LogP contribution in [-0.2, 0) is 0 Å². The average molecular weight is 216 g/mol. The first-order chi connectivity index (χ1) is 6.74. The molecule has 14 heavy (non-hydrogen) atoms. The highest BCUT2D eigenvalue weighted by atomic mass is 35.5. The van der Waals surface area contributed by atoms with E-state index in [0.717, 1.165) is 0 Å². The molecular weight excluding hydrogens is 206 g/mol. The van der Waals surface area contributed by atoms with E-state index in [0.29, 0.717) is 13.0 Å². The summed E-state index contributed by atoms with van der Waals surface area (Å²) in [5.41, 5.74) is 0.176. The topological polar surface area (TPSA) is 75.1 Å². The van der Waals surface area contributed by atoms with Gasteiger partial charge in [0.2, 0.25) is 0 Å². The number of aliphatic hydroxyl groups is 1. The SMILES string of the molecule is O=C(NCCCO)c1cncc(Cl)n1. The number of amides is 1. The van der Waals surface area contributed by atoms with E-state index in [2.05, 4.69) is 15.3 Å². The maximum absolute atomic E-state index is 11.3. The highest BCUT2D eigenvalue weighted by Gasteiger charge is 2.06. The Morgan fingerprint density at radius 3 is 3.00 bits per heavy atom. The molecule has 2 N–H and O–H groups in total. The standard InChI is InChI=1S/C8H10ClN3O2/c9-7-5-10-4-6(12-7)8(14)11-2-1-3-13/h4-5,13H,1-3H2,(H,11,14). The Kier molecular flexibility index (Phi) is 4.28. The summed E-state index contributed by atoms with van der Waals surface area (Å²) in [7, 11) is 0. The first kappa shape index (κ1) is 10.9. The van der Waals surface area contributed by atoms with Gasteiger partial charge in [0.15, 0.2) is 0 Å². The van der Waals surface area contributed by atoms with E-state index >= 15 is 0 Å². The van der Waals surface area contributed by atoms with Crippen molar-refractivity contribution in [2.45, 2.75) is 6.42 Å². The fourth-order valence-corrected chi connectivity index (χ4v) is 0.971. The number of hydrogen-bond acceptors (Lipinski definition) is 4. The molecule has 1 aromatic rings. The smallest absolute Gasteiger partial charge is 0.271 e. The van der Waals surface area contributed by atoms with Crippen LogP contribution in [0, 0.1) is 0 Å². The fraction of sp³-hybridized carbons (Fsp3) is 0.375. The third kappa shape index (κ3) is 3.27. The van der Waals surface area contributed by atoms with Gasteiger partial charge in [-0.2, -0.15) is 0 Å². The lowest BCUT2D eigenvalue weighted by Gasteiger charge is -2.02. The predicted molar refractivity (Wildman–Crippen MR) is 51.1 cm³/mol. The molecule has 1 heterocycles. The molecule has 0 aromatic carbocycles. The second kappa shape index (κ2) is 5.51. The van der Waals surface area contributed by atoms with E-state index in [9.17, 15) is 4.79 Å². The number of hydrogen-bond donors (Lipinski definition) is 2. The van der Waals surface area contributed by atoms with Gasteiger partial charge in [-0.15, -0.1) is 0 Å². The summed E-state index contributed by atoms with van der Waals surface area (Å²) in [6.45, 7) is 0.449. The Balaban J connectivity index is 2.52. The molecule has 0 aliphatic rings. The number of aliphatic hydroxyl groups excluding tert-OH is 1. The van der Waals surface area contributed by atoms with E-state index in [1.807, 2.05) is 0 Å². The lowest BCUT2D eigenvalue weighted by molar-refractivity contribution is 0.0946. The second-order valence-corrected chi connectivity index (χ2v) is 2.95. The van der Waals surface area contributed by atoms with Gasteiger partial charge in [0.1, 0.15) is 10.8 Å². The van der Waals surface area contributed by atoms with Crippen LogP contribution in [0.2, 0.25) is 5.15 Å². The van der Waals surface area contributed by atoms with Crippen LogP contribution in [0.1, 0.15) is 16.9 Å². The fourth-order valence-electron chi connectivity index (χ4n) is 0.823. The number of halogens is 1. The number of nitrogens with one attached hydrogen (secondary N) is 1. The van der Waals surface area contributed by atoms with E-state index in [4.69, 9.17) is 16.7 Å². The summed E-state index contributed by atoms with van der Waals surface area (Å²) in [5, 5.41) is 11.2. The number of rotatable bonds is 4. The molecule has 0 aliphatic heterocycles. The van der Waals surface area contributed by atoms with Crippen LogP contribution in [0.3, 0.4) is 0 Å². The normalized spacial score (nSPS) is 9.86. The minimum atomic E-state index is -0.339. The van der Waals surface area contributed by atoms with E-state index in [1.165, 1.54) is 12.4 Å². The predicted octanol–water partition coefficient (Wildman–Crippen LogP) is 0.242. The minimum absolute atomic E-state index is 0.0432. The molecule has 0 bridgehead atoms. The Morgan fingerprint density at radius 2 is 2.36 bits per heavy atom. The van der Waals surface area contributed by atoms with Crippen LogP contribution >= 0.6 is 11.6 Å². The maximum Gasteiger partial charge on any atom is 0.271 e. The van der Waals surface area contributed by atoms with Gasteiger partial charge in [-0.05, 0) is 6.42 Å². The zero-order chi connectivity index (χ0) is 10.4. The molecule has 5 nitrogen and oxygen atoms in total. The molecule has 0 radical (unpaired) electrons. The molecule has 0 fully saturated rings. The van der Waals surface area contributed by atoms with Crippen LogP contribution in [0.15, 0.2) is 12.4 Å². The van der Waals surface area contributed by atoms with Crippen molar-refractivity contribution in [2.24, 2.45) is 0 Å². The molecule has 0 saturated heterocycles. The van der Waals surface area contributed by atoms with Crippen LogP contribution in [0.4, 0.5) is 0 Å².